The second-order valence-corrected chi connectivity index (χ2v) is 5.31. The van der Waals surface area contributed by atoms with E-state index in [9.17, 15) is 4.79 Å². The first kappa shape index (κ1) is 15.4. The Hall–Kier alpha value is -1.95. The summed E-state index contributed by atoms with van der Waals surface area (Å²) in [5, 5.41) is 3.16. The van der Waals surface area contributed by atoms with E-state index in [2.05, 4.69) is 31.2 Å². The predicted molar refractivity (Wildman–Crippen MR) is 86.7 cm³/mol. The molecule has 0 spiro atoms. The Bertz CT molecular complexity index is 611. The van der Waals surface area contributed by atoms with Crippen molar-refractivity contribution in [2.75, 3.05) is 18.4 Å². The van der Waals surface area contributed by atoms with Crippen LogP contribution >= 0.6 is 15.9 Å². The molecular weight excluding hydrogens is 332 g/mol. The van der Waals surface area contributed by atoms with Gasteiger partial charge >= 0.3 is 0 Å². The van der Waals surface area contributed by atoms with Crippen LogP contribution in [-0.4, -0.2) is 33.9 Å². The number of halogens is 1. The van der Waals surface area contributed by atoms with Crippen LogP contribution in [0, 0.1) is 0 Å². The van der Waals surface area contributed by atoms with Crippen molar-refractivity contribution in [2.24, 2.45) is 0 Å². The van der Waals surface area contributed by atoms with Gasteiger partial charge in [0.15, 0.2) is 0 Å². The molecule has 0 aliphatic heterocycles. The number of anilines is 2. The third-order valence-corrected chi connectivity index (χ3v) is 3.58. The zero-order chi connectivity index (χ0) is 15.2. The molecule has 1 N–H and O–H groups in total. The second kappa shape index (κ2) is 7.17. The van der Waals surface area contributed by atoms with Crippen LogP contribution < -0.4 is 5.32 Å². The highest BCUT2D eigenvalue weighted by atomic mass is 79.9. The molecule has 0 aliphatic carbocycles. The van der Waals surface area contributed by atoms with Crippen LogP contribution in [0.25, 0.3) is 0 Å². The van der Waals surface area contributed by atoms with Gasteiger partial charge in [0.2, 0.25) is 0 Å². The van der Waals surface area contributed by atoms with E-state index in [1.165, 1.54) is 6.33 Å². The van der Waals surface area contributed by atoms with Gasteiger partial charge in [-0.25, -0.2) is 9.97 Å². The van der Waals surface area contributed by atoms with Gasteiger partial charge < -0.3 is 10.2 Å². The maximum Gasteiger partial charge on any atom is 0.272 e. The smallest absolute Gasteiger partial charge is 0.272 e. The molecule has 0 unspecified atom stereocenters. The highest BCUT2D eigenvalue weighted by Crippen LogP contribution is 2.18. The molecule has 2 aromatic rings. The molecule has 1 aromatic heterocycles. The van der Waals surface area contributed by atoms with Gasteiger partial charge in [0.05, 0.1) is 0 Å². The first-order valence-corrected chi connectivity index (χ1v) is 7.57. The van der Waals surface area contributed by atoms with Gasteiger partial charge in [0.25, 0.3) is 5.91 Å². The molecule has 0 fully saturated rings. The number of hydrogen-bond donors (Lipinski definition) is 1. The Balaban J connectivity index is 2.17. The summed E-state index contributed by atoms with van der Waals surface area (Å²) in [5.41, 5.74) is 1.30. The molecule has 2 rings (SSSR count). The number of hydrogen-bond acceptors (Lipinski definition) is 4. The van der Waals surface area contributed by atoms with Crippen molar-refractivity contribution in [3.63, 3.8) is 0 Å². The fourth-order valence-corrected chi connectivity index (χ4v) is 2.16. The molecule has 0 atom stereocenters. The molecule has 0 radical (unpaired) electrons. The molecule has 21 heavy (non-hydrogen) atoms. The van der Waals surface area contributed by atoms with Crippen molar-refractivity contribution in [3.05, 3.63) is 46.8 Å². The van der Waals surface area contributed by atoms with E-state index in [-0.39, 0.29) is 5.91 Å². The van der Waals surface area contributed by atoms with Crippen LogP contribution in [0.15, 0.2) is 41.1 Å². The first-order valence-electron chi connectivity index (χ1n) is 6.78. The third kappa shape index (κ3) is 4.01. The maximum atomic E-state index is 12.3. The fourth-order valence-electron chi connectivity index (χ4n) is 1.90. The molecule has 0 bridgehead atoms. The quantitative estimate of drug-likeness (QED) is 0.898. The van der Waals surface area contributed by atoms with Gasteiger partial charge in [-0.2, -0.15) is 0 Å². The molecule has 1 amide bonds. The molecule has 5 nitrogen and oxygen atoms in total. The van der Waals surface area contributed by atoms with Crippen molar-refractivity contribution in [1.29, 1.82) is 0 Å². The summed E-state index contributed by atoms with van der Waals surface area (Å²) in [6.45, 7) is 5.22. The van der Waals surface area contributed by atoms with Gasteiger partial charge in [-0.15, -0.1) is 0 Å². The highest BCUT2D eigenvalue weighted by Gasteiger charge is 2.14. The molecule has 1 heterocycles. The Kier molecular flexibility index (Phi) is 5.27. The Morgan fingerprint density at radius 2 is 1.86 bits per heavy atom. The summed E-state index contributed by atoms with van der Waals surface area (Å²) in [4.78, 5) is 22.2. The monoisotopic (exact) mass is 348 g/mol. The van der Waals surface area contributed by atoms with Crippen molar-refractivity contribution >= 4 is 33.3 Å². The van der Waals surface area contributed by atoms with E-state index in [0.29, 0.717) is 24.6 Å². The van der Waals surface area contributed by atoms with Crippen LogP contribution in [0.3, 0.4) is 0 Å². The number of carbonyl (C=O) groups excluding carboxylic acids is 1. The second-order valence-electron chi connectivity index (χ2n) is 4.40. The summed E-state index contributed by atoms with van der Waals surface area (Å²) in [6.07, 6.45) is 1.40. The molecule has 6 heteroatoms. The van der Waals surface area contributed by atoms with Crippen molar-refractivity contribution in [1.82, 2.24) is 14.9 Å². The van der Waals surface area contributed by atoms with Crippen LogP contribution in [0.5, 0.6) is 0 Å². The van der Waals surface area contributed by atoms with Gasteiger partial charge in [0, 0.05) is 29.3 Å². The molecular formula is C15H17BrN4O. The Morgan fingerprint density at radius 3 is 2.48 bits per heavy atom. The zero-order valence-electron chi connectivity index (χ0n) is 12.0. The topological polar surface area (TPSA) is 58.1 Å². The first-order chi connectivity index (χ1) is 10.1. The summed E-state index contributed by atoms with van der Waals surface area (Å²) < 4.78 is 1.01. The molecule has 0 saturated heterocycles. The number of nitrogens with one attached hydrogen (secondary N) is 1. The molecule has 0 aliphatic rings. The van der Waals surface area contributed by atoms with E-state index >= 15 is 0 Å². The summed E-state index contributed by atoms with van der Waals surface area (Å²) in [7, 11) is 0. The lowest BCUT2D eigenvalue weighted by Gasteiger charge is -2.18. The van der Waals surface area contributed by atoms with Crippen molar-refractivity contribution in [2.45, 2.75) is 13.8 Å². The fraction of sp³-hybridized carbons (Fsp3) is 0.267. The number of benzene rings is 1. The van der Waals surface area contributed by atoms with Gasteiger partial charge in [0.1, 0.15) is 17.8 Å². The van der Waals surface area contributed by atoms with Crippen LogP contribution in [0.1, 0.15) is 24.3 Å². The molecule has 0 saturated carbocycles. The number of aromatic nitrogens is 2. The highest BCUT2D eigenvalue weighted by molar-refractivity contribution is 9.10. The lowest BCUT2D eigenvalue weighted by molar-refractivity contribution is 0.0767. The number of rotatable bonds is 5. The Labute approximate surface area is 132 Å². The summed E-state index contributed by atoms with van der Waals surface area (Å²) >= 11 is 3.39. The van der Waals surface area contributed by atoms with E-state index in [4.69, 9.17) is 0 Å². The maximum absolute atomic E-state index is 12.3. The number of nitrogens with zero attached hydrogens (tertiary/aromatic N) is 3. The van der Waals surface area contributed by atoms with Crippen LogP contribution in [0.4, 0.5) is 11.5 Å². The summed E-state index contributed by atoms with van der Waals surface area (Å²) in [5.74, 6) is 0.518. The Morgan fingerprint density at radius 1 is 1.19 bits per heavy atom. The normalized spacial score (nSPS) is 10.2. The number of carbonyl (C=O) groups is 1. The predicted octanol–water partition coefficient (Wildman–Crippen LogP) is 3.46. The van der Waals surface area contributed by atoms with E-state index in [0.717, 1.165) is 10.2 Å². The molecule has 110 valence electrons. The minimum atomic E-state index is -0.0822. The van der Waals surface area contributed by atoms with Gasteiger partial charge in [-0.05, 0) is 38.1 Å². The number of amides is 1. The third-order valence-electron chi connectivity index (χ3n) is 3.05. The summed E-state index contributed by atoms with van der Waals surface area (Å²) in [6, 6.07) is 9.40. The SMILES string of the molecule is CCN(CC)C(=O)c1cc(Nc2ccc(Br)cc2)ncn1. The average molecular weight is 349 g/mol. The van der Waals surface area contributed by atoms with E-state index in [1.54, 1.807) is 11.0 Å². The van der Waals surface area contributed by atoms with E-state index < -0.39 is 0 Å². The minimum Gasteiger partial charge on any atom is -0.340 e. The largest absolute Gasteiger partial charge is 0.340 e. The van der Waals surface area contributed by atoms with Crippen molar-refractivity contribution < 1.29 is 4.79 Å². The van der Waals surface area contributed by atoms with E-state index in [1.807, 2.05) is 38.1 Å². The van der Waals surface area contributed by atoms with Gasteiger partial charge in [-0.3, -0.25) is 4.79 Å². The standard InChI is InChI=1S/C15H17BrN4O/c1-3-20(4-2)15(21)13-9-14(18-10-17-13)19-12-7-5-11(16)6-8-12/h5-10H,3-4H2,1-2H3,(H,17,18,19). The van der Waals surface area contributed by atoms with Gasteiger partial charge in [-0.1, -0.05) is 15.9 Å². The van der Waals surface area contributed by atoms with Crippen LogP contribution in [0.2, 0.25) is 0 Å². The minimum absolute atomic E-state index is 0.0822. The zero-order valence-corrected chi connectivity index (χ0v) is 13.6. The lowest BCUT2D eigenvalue weighted by Crippen LogP contribution is -2.31. The lowest BCUT2D eigenvalue weighted by atomic mass is 10.3. The van der Waals surface area contributed by atoms with Crippen molar-refractivity contribution in [3.8, 4) is 0 Å². The average Bonchev–Trinajstić information content (AvgIpc) is 2.51. The molecule has 1 aromatic carbocycles. The van der Waals surface area contributed by atoms with Crippen LogP contribution in [-0.2, 0) is 0 Å².